The monoisotopic (exact) mass is 335 g/mol. The van der Waals surface area contributed by atoms with Crippen LogP contribution in [0.2, 0.25) is 0 Å². The largest absolute Gasteiger partial charge is 0.468 e. The lowest BCUT2D eigenvalue weighted by Crippen LogP contribution is -2.16. The van der Waals surface area contributed by atoms with Crippen LogP contribution in [0.1, 0.15) is 38.8 Å². The van der Waals surface area contributed by atoms with Crippen LogP contribution in [-0.2, 0) is 16.7 Å². The molecular weight excluding hydrogens is 310 g/mol. The number of rotatable bonds is 5. The van der Waals surface area contributed by atoms with E-state index in [1.807, 2.05) is 6.92 Å². The Bertz CT molecular complexity index is 610. The second-order valence-electron chi connectivity index (χ2n) is 6.35. The van der Waals surface area contributed by atoms with Gasteiger partial charge in [-0.25, -0.2) is 0 Å². The van der Waals surface area contributed by atoms with E-state index in [4.69, 9.17) is 22.1 Å². The van der Waals surface area contributed by atoms with Crippen LogP contribution in [0.15, 0.2) is 52.3 Å². The molecule has 0 heterocycles. The summed E-state index contributed by atoms with van der Waals surface area (Å²) in [6.07, 6.45) is 0. The fourth-order valence-corrected chi connectivity index (χ4v) is 2.01. The van der Waals surface area contributed by atoms with E-state index in [2.05, 4.69) is 61.9 Å². The summed E-state index contributed by atoms with van der Waals surface area (Å²) in [5.41, 5.74) is 9.54. The number of aliphatic imine (C=N–C) groups is 1. The van der Waals surface area contributed by atoms with E-state index in [-0.39, 0.29) is 16.6 Å². The molecule has 0 fully saturated rings. The first-order chi connectivity index (χ1) is 10.6. The predicted molar refractivity (Wildman–Crippen MR) is 98.3 cm³/mol. The molecule has 4 nitrogen and oxygen atoms in total. The topological polar surface area (TPSA) is 59.6 Å². The molecule has 0 aliphatic carbocycles. The average molecular weight is 336 g/mol. The lowest BCUT2D eigenvalue weighted by Gasteiger charge is -2.19. The van der Waals surface area contributed by atoms with Crippen molar-refractivity contribution in [3.05, 3.63) is 58.4 Å². The zero-order chi connectivity index (χ0) is 17.6. The summed E-state index contributed by atoms with van der Waals surface area (Å²) in [6.45, 7) is 13.1. The summed E-state index contributed by atoms with van der Waals surface area (Å²) in [7, 11) is 1.44. The second-order valence-corrected chi connectivity index (χ2v) is 6.71. The Morgan fingerprint density at radius 2 is 1.87 bits per heavy atom. The van der Waals surface area contributed by atoms with Gasteiger partial charge in [0.05, 0.1) is 7.11 Å². The number of halogens is 1. The molecule has 0 radical (unpaired) electrons. The highest BCUT2D eigenvalue weighted by atomic mass is 35.5. The minimum Gasteiger partial charge on any atom is -0.468 e. The summed E-state index contributed by atoms with van der Waals surface area (Å²) in [6, 6.07) is 8.54. The Balaban J connectivity index is 2.71. The van der Waals surface area contributed by atoms with Crippen molar-refractivity contribution >= 4 is 17.6 Å². The Hall–Kier alpha value is -1.94. The maximum absolute atomic E-state index is 6.08. The van der Waals surface area contributed by atoms with E-state index in [1.165, 1.54) is 18.2 Å². The van der Waals surface area contributed by atoms with Gasteiger partial charge in [-0.05, 0) is 23.5 Å². The molecule has 0 amide bonds. The third-order valence-corrected chi connectivity index (χ3v) is 3.87. The third kappa shape index (κ3) is 5.99. The summed E-state index contributed by atoms with van der Waals surface area (Å²) < 4.78 is 4.78. The van der Waals surface area contributed by atoms with Gasteiger partial charge in [-0.1, -0.05) is 63.2 Å². The second kappa shape index (κ2) is 8.06. The molecule has 1 rings (SSSR count). The van der Waals surface area contributed by atoms with Crippen molar-refractivity contribution in [3.63, 3.8) is 0 Å². The molecule has 5 heteroatoms. The molecule has 1 aromatic carbocycles. The van der Waals surface area contributed by atoms with Crippen molar-refractivity contribution in [2.75, 3.05) is 7.11 Å². The normalized spacial score (nSPS) is 13.4. The highest BCUT2D eigenvalue weighted by molar-refractivity contribution is 6.30. The first-order valence-electron chi connectivity index (χ1n) is 7.42. The molecule has 1 aromatic rings. The standard InChI is InChI=1S/C18H26ClN3O/c1-12(16(19)22-17(20)23-6)13(2)21-11-14-7-9-15(10-8-14)18(3,4)5/h7-10,21H,2,11H2,1,3-6H3,(H2,20,22)/b16-12-. The van der Waals surface area contributed by atoms with Crippen LogP contribution in [0.3, 0.4) is 0 Å². The van der Waals surface area contributed by atoms with Crippen molar-refractivity contribution in [1.82, 2.24) is 5.32 Å². The van der Waals surface area contributed by atoms with Crippen molar-refractivity contribution in [2.45, 2.75) is 39.7 Å². The van der Waals surface area contributed by atoms with Crippen LogP contribution in [0, 0.1) is 0 Å². The highest BCUT2D eigenvalue weighted by Gasteiger charge is 2.12. The van der Waals surface area contributed by atoms with E-state index < -0.39 is 0 Å². The lowest BCUT2D eigenvalue weighted by atomic mass is 9.87. The molecule has 0 aromatic heterocycles. The number of amidine groups is 1. The number of hydrogen-bond acceptors (Lipinski definition) is 3. The molecule has 126 valence electrons. The number of benzene rings is 1. The van der Waals surface area contributed by atoms with E-state index >= 15 is 0 Å². The Morgan fingerprint density at radius 1 is 1.30 bits per heavy atom. The minimum atomic E-state index is 0.0138. The number of nitrogens with two attached hydrogens (primary N) is 1. The number of allylic oxidation sites excluding steroid dienone is 1. The van der Waals surface area contributed by atoms with E-state index in [1.54, 1.807) is 0 Å². The van der Waals surface area contributed by atoms with Crippen LogP contribution < -0.4 is 11.1 Å². The van der Waals surface area contributed by atoms with Gasteiger partial charge in [0.15, 0.2) is 0 Å². The molecular formula is C18H26ClN3O. The molecule has 0 saturated heterocycles. The molecule has 23 heavy (non-hydrogen) atoms. The van der Waals surface area contributed by atoms with E-state index in [0.717, 1.165) is 5.57 Å². The zero-order valence-corrected chi connectivity index (χ0v) is 15.3. The number of methoxy groups -OCH3 is 1. The Labute approximate surface area is 144 Å². The first kappa shape index (κ1) is 19.1. The maximum atomic E-state index is 6.08. The smallest absolute Gasteiger partial charge is 0.287 e. The van der Waals surface area contributed by atoms with Gasteiger partial charge in [0.25, 0.3) is 6.02 Å². The number of hydrogen-bond donors (Lipinski definition) is 2. The molecule has 0 bridgehead atoms. The minimum absolute atomic E-state index is 0.0138. The molecule has 0 unspecified atom stereocenters. The number of nitrogens with one attached hydrogen (secondary N) is 1. The van der Waals surface area contributed by atoms with Gasteiger partial charge in [-0.2, -0.15) is 4.99 Å². The SMILES string of the molecule is C=C(NCc1ccc(C(C)(C)C)cc1)/C(C)=C(/Cl)N=C(N)OC. The molecule has 0 aliphatic heterocycles. The Kier molecular flexibility index (Phi) is 6.70. The van der Waals surface area contributed by atoms with E-state index in [9.17, 15) is 0 Å². The van der Waals surface area contributed by atoms with Crippen molar-refractivity contribution in [3.8, 4) is 0 Å². The highest BCUT2D eigenvalue weighted by Crippen LogP contribution is 2.22. The van der Waals surface area contributed by atoms with Crippen LogP contribution in [0.5, 0.6) is 0 Å². The fraction of sp³-hybridized carbons (Fsp3) is 0.389. The quantitative estimate of drug-likeness (QED) is 0.370. The van der Waals surface area contributed by atoms with Crippen LogP contribution >= 0.6 is 11.6 Å². The summed E-state index contributed by atoms with van der Waals surface area (Å²) in [5.74, 6) is 0. The van der Waals surface area contributed by atoms with Crippen LogP contribution in [-0.4, -0.2) is 13.1 Å². The van der Waals surface area contributed by atoms with Crippen LogP contribution in [0.4, 0.5) is 0 Å². The van der Waals surface area contributed by atoms with Crippen LogP contribution in [0.25, 0.3) is 0 Å². The molecule has 3 N–H and O–H groups in total. The number of nitrogens with zero attached hydrogens (tertiary/aromatic N) is 1. The number of ether oxygens (including phenoxy) is 1. The summed E-state index contributed by atoms with van der Waals surface area (Å²) in [4.78, 5) is 3.93. The summed E-state index contributed by atoms with van der Waals surface area (Å²) >= 11 is 6.08. The van der Waals surface area contributed by atoms with Gasteiger partial charge in [-0.3, -0.25) is 0 Å². The van der Waals surface area contributed by atoms with Gasteiger partial charge in [0.2, 0.25) is 0 Å². The lowest BCUT2D eigenvalue weighted by molar-refractivity contribution is 0.396. The third-order valence-electron chi connectivity index (χ3n) is 3.51. The van der Waals surface area contributed by atoms with Gasteiger partial charge in [0.1, 0.15) is 5.16 Å². The molecule has 0 aliphatic rings. The van der Waals surface area contributed by atoms with Gasteiger partial charge in [0, 0.05) is 17.8 Å². The maximum Gasteiger partial charge on any atom is 0.287 e. The Morgan fingerprint density at radius 3 is 2.35 bits per heavy atom. The average Bonchev–Trinajstić information content (AvgIpc) is 2.51. The van der Waals surface area contributed by atoms with Gasteiger partial charge in [-0.15, -0.1) is 0 Å². The predicted octanol–water partition coefficient (Wildman–Crippen LogP) is 4.02. The first-order valence-corrected chi connectivity index (χ1v) is 7.80. The van der Waals surface area contributed by atoms with Gasteiger partial charge < -0.3 is 15.8 Å². The van der Waals surface area contributed by atoms with Crippen molar-refractivity contribution in [2.24, 2.45) is 10.7 Å². The van der Waals surface area contributed by atoms with Crippen molar-refractivity contribution in [1.29, 1.82) is 0 Å². The zero-order valence-electron chi connectivity index (χ0n) is 14.5. The van der Waals surface area contributed by atoms with Gasteiger partial charge >= 0.3 is 0 Å². The molecule has 0 atom stereocenters. The molecule has 0 saturated carbocycles. The van der Waals surface area contributed by atoms with E-state index in [0.29, 0.717) is 12.2 Å². The fourth-order valence-electron chi connectivity index (χ4n) is 1.81. The summed E-state index contributed by atoms with van der Waals surface area (Å²) in [5, 5.41) is 3.50. The van der Waals surface area contributed by atoms with Crippen molar-refractivity contribution < 1.29 is 4.74 Å². The molecule has 0 spiro atoms.